The van der Waals surface area contributed by atoms with E-state index in [-0.39, 0.29) is 24.4 Å². The molecule has 1 aliphatic heterocycles. The second-order valence-electron chi connectivity index (χ2n) is 9.90. The Hall–Kier alpha value is -2.40. The van der Waals surface area contributed by atoms with Crippen LogP contribution in [0.15, 0.2) is 18.2 Å². The highest BCUT2D eigenvalue weighted by Crippen LogP contribution is 2.47. The molecule has 0 aliphatic carbocycles. The first kappa shape index (κ1) is 24.2. The van der Waals surface area contributed by atoms with Gasteiger partial charge >= 0.3 is 12.1 Å². The molecule has 1 aromatic heterocycles. The normalized spacial score (nSPS) is 17.2. The number of rotatable bonds is 4. The lowest BCUT2D eigenvalue weighted by molar-refractivity contribution is -0.188. The highest BCUT2D eigenvalue weighted by Gasteiger charge is 2.49. The molecule has 1 amide bonds. The first-order valence-electron chi connectivity index (χ1n) is 10.8. The molecular formula is C24H31F3N2O2Si. The number of halogens is 3. The van der Waals surface area contributed by atoms with Crippen LogP contribution < -0.4 is 4.74 Å². The van der Waals surface area contributed by atoms with E-state index in [0.29, 0.717) is 12.2 Å². The molecule has 1 aliphatic rings. The highest BCUT2D eigenvalue weighted by molar-refractivity contribution is 6.79. The molecule has 174 valence electrons. The topological polar surface area (TPSA) is 34.5 Å². The number of aromatic nitrogens is 1. The SMILES string of the molecule is C#CCCC1c2c(c3cc(OC)ccc3n2[Si](C)(C)C(C)(C)C)CCN1C(=O)C(F)(F)F. The summed E-state index contributed by atoms with van der Waals surface area (Å²) < 4.78 is 48.2. The fourth-order valence-corrected chi connectivity index (χ4v) is 6.84. The smallest absolute Gasteiger partial charge is 0.471 e. The summed E-state index contributed by atoms with van der Waals surface area (Å²) in [5, 5.41) is 0.897. The number of terminal acetylenes is 1. The Bertz CT molecular complexity index is 1070. The monoisotopic (exact) mass is 464 g/mol. The Morgan fingerprint density at radius 1 is 1.28 bits per heavy atom. The number of methoxy groups -OCH3 is 1. The minimum Gasteiger partial charge on any atom is -0.497 e. The van der Waals surface area contributed by atoms with Crippen LogP contribution in [0.3, 0.4) is 0 Å². The largest absolute Gasteiger partial charge is 0.497 e. The highest BCUT2D eigenvalue weighted by atomic mass is 28.3. The Labute approximate surface area is 188 Å². The van der Waals surface area contributed by atoms with E-state index in [2.05, 4.69) is 44.0 Å². The zero-order valence-corrected chi connectivity index (χ0v) is 20.6. The van der Waals surface area contributed by atoms with Gasteiger partial charge in [-0.25, -0.2) is 0 Å². The lowest BCUT2D eigenvalue weighted by Gasteiger charge is -2.44. The van der Waals surface area contributed by atoms with Gasteiger partial charge in [-0.3, -0.25) is 4.79 Å². The molecule has 1 unspecified atom stereocenters. The van der Waals surface area contributed by atoms with Gasteiger partial charge in [-0.2, -0.15) is 13.2 Å². The third-order valence-electron chi connectivity index (χ3n) is 7.07. The molecule has 2 aromatic rings. The average Bonchev–Trinajstić information content (AvgIpc) is 3.04. The van der Waals surface area contributed by atoms with E-state index in [4.69, 9.17) is 11.2 Å². The van der Waals surface area contributed by atoms with Crippen molar-refractivity contribution in [1.29, 1.82) is 0 Å². The minimum atomic E-state index is -4.93. The number of nitrogens with zero attached hydrogens (tertiary/aromatic N) is 2. The molecule has 0 radical (unpaired) electrons. The predicted octanol–water partition coefficient (Wildman–Crippen LogP) is 5.90. The molecule has 8 heteroatoms. The van der Waals surface area contributed by atoms with Crippen LogP contribution >= 0.6 is 0 Å². The maximum absolute atomic E-state index is 13.5. The molecule has 32 heavy (non-hydrogen) atoms. The molecule has 2 heterocycles. The lowest BCUT2D eigenvalue weighted by atomic mass is 9.94. The van der Waals surface area contributed by atoms with Crippen LogP contribution in [0, 0.1) is 12.3 Å². The van der Waals surface area contributed by atoms with E-state index in [1.165, 1.54) is 0 Å². The van der Waals surface area contributed by atoms with Crippen molar-refractivity contribution >= 4 is 25.0 Å². The van der Waals surface area contributed by atoms with Crippen molar-refractivity contribution in [2.45, 2.75) is 70.4 Å². The number of hydrogen-bond acceptors (Lipinski definition) is 2. The molecular weight excluding hydrogens is 433 g/mol. The molecule has 4 nitrogen and oxygen atoms in total. The molecule has 0 spiro atoms. The Kier molecular flexibility index (Phi) is 6.20. The van der Waals surface area contributed by atoms with Gasteiger partial charge in [-0.15, -0.1) is 12.3 Å². The number of carbonyl (C=O) groups is 1. The van der Waals surface area contributed by atoms with E-state index in [1.54, 1.807) is 7.11 Å². The van der Waals surface area contributed by atoms with E-state index in [1.807, 2.05) is 18.2 Å². The van der Waals surface area contributed by atoms with Crippen LogP contribution in [0.2, 0.25) is 18.1 Å². The van der Waals surface area contributed by atoms with Crippen LogP contribution in [-0.4, -0.2) is 43.1 Å². The number of benzene rings is 1. The maximum atomic E-state index is 13.5. The van der Waals surface area contributed by atoms with Crippen molar-refractivity contribution < 1.29 is 22.7 Å². The van der Waals surface area contributed by atoms with Gasteiger partial charge < -0.3 is 13.9 Å². The van der Waals surface area contributed by atoms with Crippen molar-refractivity contribution in [1.82, 2.24) is 9.13 Å². The van der Waals surface area contributed by atoms with Gasteiger partial charge in [-0.05, 0) is 41.6 Å². The minimum absolute atomic E-state index is 0.00834. The van der Waals surface area contributed by atoms with Crippen LogP contribution in [0.5, 0.6) is 5.75 Å². The lowest BCUT2D eigenvalue weighted by Crippen LogP contribution is -2.51. The fourth-order valence-electron chi connectivity index (χ4n) is 4.49. The summed E-state index contributed by atoms with van der Waals surface area (Å²) in [6.07, 6.45) is 1.49. The predicted molar refractivity (Wildman–Crippen MR) is 123 cm³/mol. The van der Waals surface area contributed by atoms with Gasteiger partial charge in [0, 0.05) is 29.6 Å². The van der Waals surface area contributed by atoms with Gasteiger partial charge in [0.1, 0.15) is 5.75 Å². The summed E-state index contributed by atoms with van der Waals surface area (Å²) in [6.45, 7) is 10.9. The van der Waals surface area contributed by atoms with Gasteiger partial charge in [-0.1, -0.05) is 33.9 Å². The van der Waals surface area contributed by atoms with Crippen LogP contribution in [-0.2, 0) is 11.2 Å². The third-order valence-corrected chi connectivity index (χ3v) is 12.3. The molecule has 0 saturated heterocycles. The molecule has 1 atom stereocenters. The number of alkyl halides is 3. The maximum Gasteiger partial charge on any atom is 0.471 e. The quantitative estimate of drug-likeness (QED) is 0.417. The standard InChI is InChI=1S/C24H31F3N2O2Si/c1-8-9-10-20-21-17(13-14-28(20)22(30)24(25,26)27)18-15-16(31-5)11-12-19(18)29(21)32(6,7)23(2,3)4/h1,11-12,15,20H,9-10,13-14H2,2-7H3. The van der Waals surface area contributed by atoms with Gasteiger partial charge in [0.15, 0.2) is 8.24 Å². The number of fused-ring (bicyclic) bond motifs is 3. The van der Waals surface area contributed by atoms with Crippen LogP contribution in [0.1, 0.15) is 50.9 Å². The summed E-state index contributed by atoms with van der Waals surface area (Å²) in [5.74, 6) is 1.45. The summed E-state index contributed by atoms with van der Waals surface area (Å²) in [5.41, 5.74) is 2.78. The molecule has 0 N–H and O–H groups in total. The van der Waals surface area contributed by atoms with E-state index >= 15 is 0 Å². The second-order valence-corrected chi connectivity index (χ2v) is 15.0. The Morgan fingerprint density at radius 3 is 2.47 bits per heavy atom. The Morgan fingerprint density at radius 2 is 1.94 bits per heavy atom. The molecule has 3 rings (SSSR count). The van der Waals surface area contributed by atoms with Gasteiger partial charge in [0.2, 0.25) is 0 Å². The van der Waals surface area contributed by atoms with Gasteiger partial charge in [0.05, 0.1) is 13.2 Å². The molecule has 0 fully saturated rings. The second kappa shape index (κ2) is 8.18. The number of carbonyl (C=O) groups excluding carboxylic acids is 1. The first-order chi connectivity index (χ1) is 14.8. The summed E-state index contributed by atoms with van der Waals surface area (Å²) in [7, 11) is -0.691. The fraction of sp³-hybridized carbons (Fsp3) is 0.542. The number of ether oxygens (including phenoxy) is 1. The van der Waals surface area contributed by atoms with Crippen molar-refractivity contribution in [2.24, 2.45) is 0 Å². The zero-order chi connectivity index (χ0) is 24.1. The van der Waals surface area contributed by atoms with Gasteiger partial charge in [0.25, 0.3) is 0 Å². The van der Waals surface area contributed by atoms with Crippen LogP contribution in [0.25, 0.3) is 10.9 Å². The Balaban J connectivity index is 2.37. The average molecular weight is 465 g/mol. The van der Waals surface area contributed by atoms with E-state index < -0.39 is 26.4 Å². The molecule has 0 bridgehead atoms. The van der Waals surface area contributed by atoms with Crippen molar-refractivity contribution in [3.63, 3.8) is 0 Å². The van der Waals surface area contributed by atoms with E-state index in [0.717, 1.165) is 27.1 Å². The first-order valence-corrected chi connectivity index (χ1v) is 13.7. The zero-order valence-electron chi connectivity index (χ0n) is 19.6. The number of hydrogen-bond donors (Lipinski definition) is 0. The van der Waals surface area contributed by atoms with Crippen molar-refractivity contribution in [3.8, 4) is 18.1 Å². The molecule has 0 saturated carbocycles. The summed E-state index contributed by atoms with van der Waals surface area (Å²) >= 11 is 0. The summed E-state index contributed by atoms with van der Waals surface area (Å²) in [6, 6.07) is 5.10. The van der Waals surface area contributed by atoms with E-state index in [9.17, 15) is 18.0 Å². The van der Waals surface area contributed by atoms with Crippen molar-refractivity contribution in [3.05, 3.63) is 29.5 Å². The molecule has 1 aromatic carbocycles. The summed E-state index contributed by atoms with van der Waals surface area (Å²) in [4.78, 5) is 13.4. The van der Waals surface area contributed by atoms with Crippen molar-refractivity contribution in [2.75, 3.05) is 13.7 Å². The number of amides is 1. The third kappa shape index (κ3) is 3.92. The van der Waals surface area contributed by atoms with Crippen LogP contribution in [0.4, 0.5) is 13.2 Å².